The van der Waals surface area contributed by atoms with E-state index in [1.165, 1.54) is 0 Å². The van der Waals surface area contributed by atoms with Crippen LogP contribution in [0.15, 0.2) is 72.8 Å². The molecular weight excluding hydrogens is 372 g/mol. The van der Waals surface area contributed by atoms with Crippen molar-refractivity contribution in [2.45, 2.75) is 13.5 Å². The Balaban J connectivity index is 1.68. The maximum Gasteiger partial charge on any atom is 0.185 e. The fraction of sp³-hybridized carbons (Fsp3) is 0.125. The summed E-state index contributed by atoms with van der Waals surface area (Å²) in [6.07, 6.45) is 3.33. The van der Waals surface area contributed by atoms with E-state index in [0.29, 0.717) is 28.7 Å². The zero-order valence-electron chi connectivity index (χ0n) is 15.8. The molecule has 28 heavy (non-hydrogen) atoms. The van der Waals surface area contributed by atoms with Crippen molar-refractivity contribution in [2.24, 2.45) is 0 Å². The van der Waals surface area contributed by atoms with Gasteiger partial charge in [-0.25, -0.2) is 0 Å². The molecule has 0 unspecified atom stereocenters. The minimum Gasteiger partial charge on any atom is -0.493 e. The molecule has 0 spiro atoms. The topological polar surface area (TPSA) is 35.5 Å². The number of rotatable bonds is 7. The van der Waals surface area contributed by atoms with Gasteiger partial charge in [-0.1, -0.05) is 65.7 Å². The van der Waals surface area contributed by atoms with E-state index in [9.17, 15) is 4.79 Å². The van der Waals surface area contributed by atoms with Crippen molar-refractivity contribution in [2.75, 3.05) is 7.11 Å². The van der Waals surface area contributed by atoms with Crippen LogP contribution in [0, 0.1) is 6.92 Å². The van der Waals surface area contributed by atoms with Crippen LogP contribution in [0.1, 0.15) is 27.0 Å². The van der Waals surface area contributed by atoms with Gasteiger partial charge in [0.2, 0.25) is 0 Å². The van der Waals surface area contributed by atoms with E-state index in [-0.39, 0.29) is 5.78 Å². The van der Waals surface area contributed by atoms with E-state index < -0.39 is 0 Å². The van der Waals surface area contributed by atoms with Crippen molar-refractivity contribution in [3.05, 3.63) is 100 Å². The number of carbonyl (C=O) groups excluding carboxylic acids is 1. The molecule has 0 saturated carbocycles. The first kappa shape index (κ1) is 19.7. The van der Waals surface area contributed by atoms with Gasteiger partial charge in [0.05, 0.1) is 7.11 Å². The van der Waals surface area contributed by atoms with Gasteiger partial charge < -0.3 is 9.47 Å². The van der Waals surface area contributed by atoms with E-state index >= 15 is 0 Å². The Morgan fingerprint density at radius 2 is 1.68 bits per heavy atom. The number of allylic oxidation sites excluding steroid dienone is 1. The van der Waals surface area contributed by atoms with Gasteiger partial charge in [0.15, 0.2) is 17.3 Å². The second-order valence-corrected chi connectivity index (χ2v) is 6.83. The van der Waals surface area contributed by atoms with Crippen molar-refractivity contribution in [1.29, 1.82) is 0 Å². The summed E-state index contributed by atoms with van der Waals surface area (Å²) in [7, 11) is 1.59. The molecule has 3 aromatic rings. The molecule has 3 aromatic carbocycles. The molecule has 142 valence electrons. The van der Waals surface area contributed by atoms with Crippen molar-refractivity contribution in [3.8, 4) is 11.5 Å². The lowest BCUT2D eigenvalue weighted by Crippen LogP contribution is -1.98. The van der Waals surface area contributed by atoms with Crippen LogP contribution >= 0.6 is 11.6 Å². The largest absolute Gasteiger partial charge is 0.493 e. The average molecular weight is 393 g/mol. The minimum absolute atomic E-state index is 0.0398. The first-order valence-corrected chi connectivity index (χ1v) is 9.27. The third kappa shape index (κ3) is 5.24. The summed E-state index contributed by atoms with van der Waals surface area (Å²) in [6.45, 7) is 2.40. The van der Waals surface area contributed by atoms with Crippen LogP contribution in [0.2, 0.25) is 5.02 Å². The number of halogens is 1. The number of aryl methyl sites for hydroxylation is 1. The summed E-state index contributed by atoms with van der Waals surface area (Å²) in [5.41, 5.74) is 3.66. The first-order chi connectivity index (χ1) is 13.5. The van der Waals surface area contributed by atoms with Gasteiger partial charge in [-0.15, -0.1) is 0 Å². The average Bonchev–Trinajstić information content (AvgIpc) is 2.72. The zero-order valence-corrected chi connectivity index (χ0v) is 16.6. The lowest BCUT2D eigenvalue weighted by molar-refractivity contribution is 0.104. The normalized spacial score (nSPS) is 10.8. The molecule has 3 rings (SSSR count). The van der Waals surface area contributed by atoms with Gasteiger partial charge in [-0.05, 0) is 48.4 Å². The second kappa shape index (κ2) is 9.25. The monoisotopic (exact) mass is 392 g/mol. The Kier molecular flexibility index (Phi) is 6.51. The van der Waals surface area contributed by atoms with Crippen molar-refractivity contribution in [3.63, 3.8) is 0 Å². The van der Waals surface area contributed by atoms with Crippen LogP contribution < -0.4 is 9.47 Å². The van der Waals surface area contributed by atoms with Crippen molar-refractivity contribution >= 4 is 23.5 Å². The van der Waals surface area contributed by atoms with E-state index in [0.717, 1.165) is 16.7 Å². The highest BCUT2D eigenvalue weighted by molar-refractivity contribution is 6.30. The van der Waals surface area contributed by atoms with E-state index in [2.05, 4.69) is 0 Å². The molecule has 0 amide bonds. The predicted molar refractivity (Wildman–Crippen MR) is 113 cm³/mol. The summed E-state index contributed by atoms with van der Waals surface area (Å²) in [4.78, 5) is 12.3. The molecular formula is C24H21ClO3. The SMILES string of the molecule is COc1cc(/C=C/C(=O)c2ccc(C)cc2)ccc1OCc1ccc(Cl)cc1. The highest BCUT2D eigenvalue weighted by Crippen LogP contribution is 2.29. The number of ether oxygens (including phenoxy) is 2. The molecule has 0 fully saturated rings. The molecule has 0 bridgehead atoms. The van der Waals surface area contributed by atoms with Crippen LogP contribution in [-0.4, -0.2) is 12.9 Å². The van der Waals surface area contributed by atoms with Crippen molar-refractivity contribution in [1.82, 2.24) is 0 Å². The summed E-state index contributed by atoms with van der Waals surface area (Å²) in [5, 5.41) is 0.692. The number of methoxy groups -OCH3 is 1. The van der Waals surface area contributed by atoms with Crippen LogP contribution in [0.5, 0.6) is 11.5 Å². The Hall–Kier alpha value is -3.04. The molecule has 0 aliphatic carbocycles. The van der Waals surface area contributed by atoms with Gasteiger partial charge in [-0.3, -0.25) is 4.79 Å². The fourth-order valence-electron chi connectivity index (χ4n) is 2.63. The predicted octanol–water partition coefficient (Wildman–Crippen LogP) is 6.13. The number of benzene rings is 3. The Bertz CT molecular complexity index is 974. The molecule has 0 aliphatic rings. The van der Waals surface area contributed by atoms with Gasteiger partial charge in [0.25, 0.3) is 0 Å². The number of ketones is 1. The van der Waals surface area contributed by atoms with Gasteiger partial charge >= 0.3 is 0 Å². The summed E-state index contributed by atoms with van der Waals surface area (Å²) >= 11 is 5.90. The standard InChI is InChI=1S/C24H21ClO3/c1-17-3-9-20(10-4-17)22(26)13-7-18-8-14-23(24(15-18)27-2)28-16-19-5-11-21(25)12-6-19/h3-15H,16H2,1-2H3/b13-7+. The molecule has 4 heteroatoms. The second-order valence-electron chi connectivity index (χ2n) is 6.39. The number of carbonyl (C=O) groups is 1. The highest BCUT2D eigenvalue weighted by Gasteiger charge is 2.06. The Labute approximate surface area is 170 Å². The molecule has 0 aromatic heterocycles. The summed E-state index contributed by atoms with van der Waals surface area (Å²) in [5.74, 6) is 1.21. The number of hydrogen-bond donors (Lipinski definition) is 0. The molecule has 0 N–H and O–H groups in total. The smallest absolute Gasteiger partial charge is 0.185 e. The van der Waals surface area contributed by atoms with Crippen LogP contribution in [0.4, 0.5) is 0 Å². The lowest BCUT2D eigenvalue weighted by Gasteiger charge is -2.11. The van der Waals surface area contributed by atoms with Crippen molar-refractivity contribution < 1.29 is 14.3 Å². The summed E-state index contributed by atoms with van der Waals surface area (Å²) < 4.78 is 11.3. The van der Waals surface area contributed by atoms with E-state index in [4.69, 9.17) is 21.1 Å². The van der Waals surface area contributed by atoms with Gasteiger partial charge in [0, 0.05) is 10.6 Å². The number of hydrogen-bond acceptors (Lipinski definition) is 3. The van der Waals surface area contributed by atoms with Gasteiger partial charge in [-0.2, -0.15) is 0 Å². The molecule has 0 radical (unpaired) electrons. The van der Waals surface area contributed by atoms with Crippen LogP contribution in [0.3, 0.4) is 0 Å². The molecule has 0 heterocycles. The quantitative estimate of drug-likeness (QED) is 0.358. The third-order valence-electron chi connectivity index (χ3n) is 4.26. The maximum atomic E-state index is 12.3. The van der Waals surface area contributed by atoms with Crippen LogP contribution in [-0.2, 0) is 6.61 Å². The molecule has 0 saturated heterocycles. The zero-order chi connectivity index (χ0) is 19.9. The summed E-state index contributed by atoms with van der Waals surface area (Å²) in [6, 6.07) is 20.6. The van der Waals surface area contributed by atoms with E-state index in [1.807, 2.05) is 73.7 Å². The fourth-order valence-corrected chi connectivity index (χ4v) is 2.76. The Morgan fingerprint density at radius 3 is 2.36 bits per heavy atom. The first-order valence-electron chi connectivity index (χ1n) is 8.89. The molecule has 3 nitrogen and oxygen atoms in total. The maximum absolute atomic E-state index is 12.3. The van der Waals surface area contributed by atoms with Gasteiger partial charge in [0.1, 0.15) is 6.61 Å². The Morgan fingerprint density at radius 1 is 0.964 bits per heavy atom. The lowest BCUT2D eigenvalue weighted by atomic mass is 10.1. The van der Waals surface area contributed by atoms with Crippen LogP contribution in [0.25, 0.3) is 6.08 Å². The van der Waals surface area contributed by atoms with E-state index in [1.54, 1.807) is 19.3 Å². The molecule has 0 aliphatic heterocycles. The molecule has 0 atom stereocenters. The highest BCUT2D eigenvalue weighted by atomic mass is 35.5. The minimum atomic E-state index is -0.0398. The third-order valence-corrected chi connectivity index (χ3v) is 4.51.